The first-order valence-corrected chi connectivity index (χ1v) is 13.3. The van der Waals surface area contributed by atoms with Crippen molar-refractivity contribution in [3.05, 3.63) is 93.5 Å². The van der Waals surface area contributed by atoms with E-state index in [1.807, 2.05) is 36.4 Å². The number of hydrogen-bond donors (Lipinski definition) is 1. The Hall–Kier alpha value is -4.17. The Labute approximate surface area is 231 Å². The number of nitrogens with zero attached hydrogens (tertiary/aromatic N) is 3. The lowest BCUT2D eigenvalue weighted by molar-refractivity contribution is -0.118. The van der Waals surface area contributed by atoms with Crippen LogP contribution in [0.3, 0.4) is 0 Å². The second kappa shape index (κ2) is 12.1. The molecule has 1 N–H and O–H groups in total. The predicted octanol–water partition coefficient (Wildman–Crippen LogP) is 6.01. The molecule has 0 spiro atoms. The quantitative estimate of drug-likeness (QED) is 0.274. The molecule has 200 valence electrons. The molecule has 1 heterocycles. The second-order valence-electron chi connectivity index (χ2n) is 9.42. The van der Waals surface area contributed by atoms with Gasteiger partial charge in [-0.1, -0.05) is 61.2 Å². The van der Waals surface area contributed by atoms with Crippen LogP contribution < -0.4 is 20.3 Å². The number of carbonyl (C=O) groups excluding carboxylic acids is 1. The van der Waals surface area contributed by atoms with Crippen LogP contribution in [-0.4, -0.2) is 35.5 Å². The number of nitrogens with one attached hydrogen (secondary N) is 1. The number of amides is 1. The highest BCUT2D eigenvalue weighted by Crippen LogP contribution is 2.36. The summed E-state index contributed by atoms with van der Waals surface area (Å²) in [7, 11) is 1.49. The van der Waals surface area contributed by atoms with E-state index >= 15 is 0 Å². The molecule has 9 heteroatoms. The summed E-state index contributed by atoms with van der Waals surface area (Å²) >= 11 is 6.52. The van der Waals surface area contributed by atoms with Gasteiger partial charge in [0.1, 0.15) is 5.82 Å². The molecule has 1 fully saturated rings. The van der Waals surface area contributed by atoms with Crippen LogP contribution in [0.25, 0.3) is 10.9 Å². The zero-order valence-corrected chi connectivity index (χ0v) is 22.4. The molecule has 1 aromatic heterocycles. The minimum atomic E-state index is -0.330. The van der Waals surface area contributed by atoms with Crippen LogP contribution >= 0.6 is 11.6 Å². The minimum absolute atomic E-state index is 0.170. The van der Waals surface area contributed by atoms with Crippen molar-refractivity contribution in [1.82, 2.24) is 9.66 Å². The summed E-state index contributed by atoms with van der Waals surface area (Å²) in [6.45, 7) is -0.249. The summed E-state index contributed by atoms with van der Waals surface area (Å²) < 4.78 is 12.6. The molecular weight excluding hydrogens is 516 g/mol. The fraction of sp³-hybridized carbons (Fsp3) is 0.267. The summed E-state index contributed by atoms with van der Waals surface area (Å²) in [5.74, 6) is 1.10. The van der Waals surface area contributed by atoms with Crippen molar-refractivity contribution >= 4 is 40.3 Å². The van der Waals surface area contributed by atoms with Gasteiger partial charge in [-0.05, 0) is 54.8 Å². The van der Waals surface area contributed by atoms with Gasteiger partial charge in [0.2, 0.25) is 0 Å². The minimum Gasteiger partial charge on any atom is -0.493 e. The summed E-state index contributed by atoms with van der Waals surface area (Å²) in [6.07, 6.45) is 6.92. The Balaban J connectivity index is 1.41. The monoisotopic (exact) mass is 544 g/mol. The topological polar surface area (TPSA) is 94.8 Å². The largest absolute Gasteiger partial charge is 0.493 e. The molecule has 39 heavy (non-hydrogen) atoms. The fourth-order valence-corrected chi connectivity index (χ4v) is 5.09. The molecule has 0 radical (unpaired) electrons. The summed E-state index contributed by atoms with van der Waals surface area (Å²) in [5.41, 5.74) is 1.74. The Bertz CT molecular complexity index is 1560. The van der Waals surface area contributed by atoms with Crippen LogP contribution in [0.2, 0.25) is 5.02 Å². The molecule has 5 rings (SSSR count). The van der Waals surface area contributed by atoms with Crippen molar-refractivity contribution in [3.8, 4) is 11.5 Å². The molecule has 1 aliphatic carbocycles. The van der Waals surface area contributed by atoms with Crippen LogP contribution in [0.15, 0.2) is 76.6 Å². The highest BCUT2D eigenvalue weighted by molar-refractivity contribution is 6.32. The number of para-hydroxylation sites is 2. The standard InChI is InChI=1S/C30H29ClN4O4/c1-38-26-17-20(16-24(31)28(26)39-19-27(36)33-22-12-6-3-7-13-22)18-32-35-29(21-10-4-2-5-11-21)34-25-15-9-8-14-23(25)30(35)37/h3,6-9,12-18,21H,2,4-5,10-11,19H2,1H3,(H,33,36). The number of ether oxygens (including phenoxy) is 2. The zero-order chi connectivity index (χ0) is 27.2. The van der Waals surface area contributed by atoms with Crippen molar-refractivity contribution in [2.45, 2.75) is 38.0 Å². The first-order valence-electron chi connectivity index (χ1n) is 12.9. The average Bonchev–Trinajstić information content (AvgIpc) is 2.96. The van der Waals surface area contributed by atoms with Crippen molar-refractivity contribution in [1.29, 1.82) is 0 Å². The van der Waals surface area contributed by atoms with Crippen LogP contribution in [0.4, 0.5) is 5.69 Å². The molecule has 0 saturated heterocycles. The molecule has 1 saturated carbocycles. The number of methoxy groups -OCH3 is 1. The van der Waals surface area contributed by atoms with Gasteiger partial charge >= 0.3 is 0 Å². The number of rotatable bonds is 8. The number of anilines is 1. The molecular formula is C30H29ClN4O4. The number of aromatic nitrogens is 2. The Kier molecular flexibility index (Phi) is 8.22. The fourth-order valence-electron chi connectivity index (χ4n) is 4.81. The summed E-state index contributed by atoms with van der Waals surface area (Å²) in [4.78, 5) is 30.6. The van der Waals surface area contributed by atoms with E-state index in [9.17, 15) is 9.59 Å². The molecule has 4 aromatic rings. The van der Waals surface area contributed by atoms with E-state index in [-0.39, 0.29) is 34.8 Å². The molecule has 1 amide bonds. The molecule has 0 unspecified atom stereocenters. The third-order valence-corrected chi connectivity index (χ3v) is 7.01. The first-order chi connectivity index (χ1) is 19.0. The van der Waals surface area contributed by atoms with Crippen LogP contribution in [-0.2, 0) is 4.79 Å². The number of carbonyl (C=O) groups is 1. The van der Waals surface area contributed by atoms with Gasteiger partial charge in [-0.25, -0.2) is 4.98 Å². The maximum atomic E-state index is 13.4. The smallest absolute Gasteiger partial charge is 0.282 e. The molecule has 0 atom stereocenters. The van der Waals surface area contributed by atoms with Crippen molar-refractivity contribution < 1.29 is 14.3 Å². The van der Waals surface area contributed by atoms with E-state index in [0.29, 0.717) is 33.7 Å². The van der Waals surface area contributed by atoms with Crippen LogP contribution in [0, 0.1) is 0 Å². The van der Waals surface area contributed by atoms with Gasteiger partial charge in [-0.15, -0.1) is 0 Å². The number of benzene rings is 3. The van der Waals surface area contributed by atoms with Gasteiger partial charge in [-0.2, -0.15) is 9.78 Å². The van der Waals surface area contributed by atoms with E-state index < -0.39 is 0 Å². The van der Waals surface area contributed by atoms with Crippen LogP contribution in [0.5, 0.6) is 11.5 Å². The Morgan fingerprint density at radius 3 is 2.62 bits per heavy atom. The predicted molar refractivity (Wildman–Crippen MR) is 153 cm³/mol. The number of halogens is 1. The lowest BCUT2D eigenvalue weighted by Crippen LogP contribution is -2.25. The molecule has 8 nitrogen and oxygen atoms in total. The average molecular weight is 545 g/mol. The van der Waals surface area contributed by atoms with Crippen molar-refractivity contribution in [2.75, 3.05) is 19.0 Å². The Morgan fingerprint density at radius 2 is 1.85 bits per heavy atom. The van der Waals surface area contributed by atoms with Gasteiger partial charge in [0.25, 0.3) is 11.5 Å². The first kappa shape index (κ1) is 26.4. The number of hydrogen-bond acceptors (Lipinski definition) is 6. The van der Waals surface area contributed by atoms with Gasteiger partial charge in [0.05, 0.1) is 29.2 Å². The molecule has 1 aliphatic rings. The van der Waals surface area contributed by atoms with Gasteiger partial charge in [0.15, 0.2) is 18.1 Å². The van der Waals surface area contributed by atoms with E-state index in [1.165, 1.54) is 18.2 Å². The zero-order valence-electron chi connectivity index (χ0n) is 21.6. The lowest BCUT2D eigenvalue weighted by atomic mass is 9.88. The highest BCUT2D eigenvalue weighted by Gasteiger charge is 2.22. The van der Waals surface area contributed by atoms with Gasteiger partial charge in [-0.3, -0.25) is 9.59 Å². The lowest BCUT2D eigenvalue weighted by Gasteiger charge is -2.22. The van der Waals surface area contributed by atoms with Gasteiger partial charge in [0, 0.05) is 11.6 Å². The van der Waals surface area contributed by atoms with E-state index in [1.54, 1.807) is 36.5 Å². The Morgan fingerprint density at radius 1 is 1.10 bits per heavy atom. The maximum Gasteiger partial charge on any atom is 0.282 e. The summed E-state index contributed by atoms with van der Waals surface area (Å²) in [5, 5.41) is 8.09. The maximum absolute atomic E-state index is 13.4. The molecule has 0 bridgehead atoms. The molecule has 0 aliphatic heterocycles. The second-order valence-corrected chi connectivity index (χ2v) is 9.83. The highest BCUT2D eigenvalue weighted by atomic mass is 35.5. The van der Waals surface area contributed by atoms with Crippen molar-refractivity contribution in [2.24, 2.45) is 5.10 Å². The summed E-state index contributed by atoms with van der Waals surface area (Å²) in [6, 6.07) is 19.8. The van der Waals surface area contributed by atoms with Crippen LogP contribution in [0.1, 0.15) is 49.4 Å². The van der Waals surface area contributed by atoms with E-state index in [2.05, 4.69) is 10.4 Å². The third kappa shape index (κ3) is 6.12. The van der Waals surface area contributed by atoms with E-state index in [4.69, 9.17) is 26.1 Å². The van der Waals surface area contributed by atoms with Gasteiger partial charge < -0.3 is 14.8 Å². The molecule has 3 aromatic carbocycles. The third-order valence-electron chi connectivity index (χ3n) is 6.73. The SMILES string of the molecule is COc1cc(C=Nn2c(C3CCCCC3)nc3ccccc3c2=O)cc(Cl)c1OCC(=O)Nc1ccccc1. The number of fused-ring (bicyclic) bond motifs is 1. The van der Waals surface area contributed by atoms with Crippen molar-refractivity contribution in [3.63, 3.8) is 0 Å². The normalized spacial score (nSPS) is 14.0. The van der Waals surface area contributed by atoms with E-state index in [0.717, 1.165) is 25.7 Å².